The summed E-state index contributed by atoms with van der Waals surface area (Å²) >= 11 is 0. The molecule has 0 radical (unpaired) electrons. The molecule has 0 rings (SSSR count). The zero-order valence-electron chi connectivity index (χ0n) is 45.2. The fourth-order valence-electron chi connectivity index (χ4n) is 7.49. The molecule has 70 heavy (non-hydrogen) atoms. The molecule has 0 N–H and O–H groups in total. The van der Waals surface area contributed by atoms with Gasteiger partial charge >= 0.3 is 17.9 Å². The van der Waals surface area contributed by atoms with Crippen LogP contribution in [0.2, 0.25) is 0 Å². The summed E-state index contributed by atoms with van der Waals surface area (Å²) < 4.78 is 16.8. The van der Waals surface area contributed by atoms with Gasteiger partial charge < -0.3 is 14.2 Å². The van der Waals surface area contributed by atoms with Crippen LogP contribution in [0.5, 0.6) is 0 Å². The lowest BCUT2D eigenvalue weighted by Gasteiger charge is -2.18. The number of unbranched alkanes of at least 4 members (excludes halogenated alkanes) is 19. The first-order valence-corrected chi connectivity index (χ1v) is 28.5. The second-order valence-corrected chi connectivity index (χ2v) is 18.4. The van der Waals surface area contributed by atoms with E-state index in [1.807, 2.05) is 0 Å². The number of carbonyl (C=O) groups excluding carboxylic acids is 3. The first-order valence-electron chi connectivity index (χ1n) is 28.5. The molecule has 0 aromatic rings. The summed E-state index contributed by atoms with van der Waals surface area (Å²) in [5, 5.41) is 0. The second-order valence-electron chi connectivity index (χ2n) is 18.4. The van der Waals surface area contributed by atoms with Gasteiger partial charge in [-0.3, -0.25) is 14.4 Å². The maximum absolute atomic E-state index is 12.8. The number of ether oxygens (including phenoxy) is 3. The van der Waals surface area contributed by atoms with E-state index in [0.29, 0.717) is 19.3 Å². The highest BCUT2D eigenvalue weighted by molar-refractivity contribution is 5.71. The standard InChI is InChI=1S/C64H104O6/c1-4-7-10-13-16-19-21-23-25-27-28-29-30-31-32-33-34-35-36-38-39-41-43-45-48-51-54-57-63(66)69-60-61(59-68-62(65)56-53-50-47-18-15-12-9-6-3)70-64(67)58-55-52-49-46-44-42-40-37-26-24-22-20-17-14-11-8-5-2/h7-8,10-11,16-17,19-20,23-26,28-29,31-32,34-35,38-39,61H,4-6,9,12-15,18,21-22,27,30,33,36-37,40-60H2,1-3H3/b10-7-,11-8-,19-16-,20-17-,25-23-,26-24-,29-28-,32-31-,35-34-,39-38-. The molecule has 0 spiro atoms. The van der Waals surface area contributed by atoms with Crippen LogP contribution in [0.15, 0.2) is 122 Å². The number of esters is 3. The van der Waals surface area contributed by atoms with Crippen LogP contribution in [-0.4, -0.2) is 37.2 Å². The van der Waals surface area contributed by atoms with Gasteiger partial charge in [0, 0.05) is 19.3 Å². The van der Waals surface area contributed by atoms with Gasteiger partial charge in [-0.25, -0.2) is 0 Å². The molecule has 0 amide bonds. The molecule has 396 valence electrons. The largest absolute Gasteiger partial charge is 0.462 e. The zero-order chi connectivity index (χ0) is 50.7. The lowest BCUT2D eigenvalue weighted by molar-refractivity contribution is -0.167. The maximum atomic E-state index is 12.8. The molecule has 0 fully saturated rings. The molecular formula is C64H104O6. The van der Waals surface area contributed by atoms with Gasteiger partial charge in [-0.05, 0) is 109 Å². The highest BCUT2D eigenvalue weighted by Gasteiger charge is 2.19. The molecule has 1 atom stereocenters. The Morgan fingerprint density at radius 2 is 0.557 bits per heavy atom. The van der Waals surface area contributed by atoms with Crippen molar-refractivity contribution in [2.75, 3.05) is 13.2 Å². The molecule has 0 aromatic heterocycles. The number of hydrogen-bond acceptors (Lipinski definition) is 6. The average molecular weight is 970 g/mol. The van der Waals surface area contributed by atoms with E-state index in [9.17, 15) is 14.4 Å². The lowest BCUT2D eigenvalue weighted by atomic mass is 10.1. The van der Waals surface area contributed by atoms with Crippen LogP contribution in [0.25, 0.3) is 0 Å². The number of carbonyl (C=O) groups is 3. The Balaban J connectivity index is 4.30. The molecule has 0 aliphatic heterocycles. The topological polar surface area (TPSA) is 78.9 Å². The quantitative estimate of drug-likeness (QED) is 0.0262. The molecule has 0 aliphatic rings. The average Bonchev–Trinajstić information content (AvgIpc) is 3.36. The van der Waals surface area contributed by atoms with Crippen molar-refractivity contribution in [3.63, 3.8) is 0 Å². The molecule has 0 aromatic carbocycles. The van der Waals surface area contributed by atoms with Crippen molar-refractivity contribution in [2.24, 2.45) is 0 Å². The Bertz CT molecular complexity index is 1490. The monoisotopic (exact) mass is 969 g/mol. The third kappa shape index (κ3) is 54.7. The van der Waals surface area contributed by atoms with Gasteiger partial charge in [0.25, 0.3) is 0 Å². The van der Waals surface area contributed by atoms with Gasteiger partial charge in [0.05, 0.1) is 0 Å². The van der Waals surface area contributed by atoms with Gasteiger partial charge in [0.1, 0.15) is 13.2 Å². The summed E-state index contributed by atoms with van der Waals surface area (Å²) in [6, 6.07) is 0. The summed E-state index contributed by atoms with van der Waals surface area (Å²) in [6.45, 7) is 6.35. The van der Waals surface area contributed by atoms with Crippen LogP contribution in [-0.2, 0) is 28.6 Å². The second kappa shape index (κ2) is 57.4. The van der Waals surface area contributed by atoms with Crippen molar-refractivity contribution in [1.82, 2.24) is 0 Å². The van der Waals surface area contributed by atoms with Gasteiger partial charge in [-0.1, -0.05) is 239 Å². The molecule has 0 bridgehead atoms. The Morgan fingerprint density at radius 1 is 0.300 bits per heavy atom. The summed E-state index contributed by atoms with van der Waals surface area (Å²) in [6.07, 6.45) is 79.1. The van der Waals surface area contributed by atoms with E-state index in [4.69, 9.17) is 14.2 Å². The molecular weight excluding hydrogens is 865 g/mol. The summed E-state index contributed by atoms with van der Waals surface area (Å²) in [7, 11) is 0. The summed E-state index contributed by atoms with van der Waals surface area (Å²) in [5.74, 6) is -0.927. The number of hydrogen-bond donors (Lipinski definition) is 0. The first-order chi connectivity index (χ1) is 34.5. The fourth-order valence-corrected chi connectivity index (χ4v) is 7.49. The van der Waals surface area contributed by atoms with E-state index < -0.39 is 6.10 Å². The molecule has 0 saturated carbocycles. The van der Waals surface area contributed by atoms with Crippen LogP contribution in [0.4, 0.5) is 0 Å². The summed E-state index contributed by atoms with van der Waals surface area (Å²) in [5.41, 5.74) is 0. The van der Waals surface area contributed by atoms with Crippen molar-refractivity contribution in [3.8, 4) is 0 Å². The van der Waals surface area contributed by atoms with Crippen LogP contribution >= 0.6 is 0 Å². The highest BCUT2D eigenvalue weighted by Crippen LogP contribution is 2.14. The predicted molar refractivity (Wildman–Crippen MR) is 302 cm³/mol. The van der Waals surface area contributed by atoms with Crippen molar-refractivity contribution < 1.29 is 28.6 Å². The molecule has 0 aliphatic carbocycles. The van der Waals surface area contributed by atoms with E-state index in [1.165, 1.54) is 57.8 Å². The Kier molecular flexibility index (Phi) is 54.0. The van der Waals surface area contributed by atoms with E-state index in [1.54, 1.807) is 0 Å². The third-order valence-corrected chi connectivity index (χ3v) is 11.7. The van der Waals surface area contributed by atoms with E-state index in [-0.39, 0.29) is 31.1 Å². The Labute approximate surface area is 431 Å². The predicted octanol–water partition coefficient (Wildman–Crippen LogP) is 19.3. The lowest BCUT2D eigenvalue weighted by Crippen LogP contribution is -2.30. The summed E-state index contributed by atoms with van der Waals surface area (Å²) in [4.78, 5) is 38.0. The minimum atomic E-state index is -0.792. The van der Waals surface area contributed by atoms with Gasteiger partial charge in [-0.2, -0.15) is 0 Å². The highest BCUT2D eigenvalue weighted by atomic mass is 16.6. The normalized spacial score (nSPS) is 13.0. The van der Waals surface area contributed by atoms with E-state index in [2.05, 4.69) is 142 Å². The molecule has 0 saturated heterocycles. The van der Waals surface area contributed by atoms with Gasteiger partial charge in [0.15, 0.2) is 6.10 Å². The van der Waals surface area contributed by atoms with Crippen LogP contribution in [0.1, 0.15) is 245 Å². The van der Waals surface area contributed by atoms with Gasteiger partial charge in [-0.15, -0.1) is 0 Å². The Morgan fingerprint density at radius 3 is 0.871 bits per heavy atom. The minimum Gasteiger partial charge on any atom is -0.462 e. The SMILES string of the molecule is CC/C=C\C/C=C\C/C=C\C/C=C\C/C=C\C/C=C\C/C=C\CCCCCCCC(=O)OCC(COC(=O)CCCCCCCCCC)OC(=O)CCCCCCCCC/C=C\C/C=C\C/C=C\CC. The van der Waals surface area contributed by atoms with Crippen molar-refractivity contribution in [3.05, 3.63) is 122 Å². The fraction of sp³-hybridized carbons (Fsp3) is 0.641. The van der Waals surface area contributed by atoms with Crippen LogP contribution in [0.3, 0.4) is 0 Å². The van der Waals surface area contributed by atoms with E-state index in [0.717, 1.165) is 148 Å². The maximum Gasteiger partial charge on any atom is 0.306 e. The van der Waals surface area contributed by atoms with Crippen LogP contribution < -0.4 is 0 Å². The van der Waals surface area contributed by atoms with E-state index >= 15 is 0 Å². The zero-order valence-corrected chi connectivity index (χ0v) is 45.2. The smallest absolute Gasteiger partial charge is 0.306 e. The molecule has 1 unspecified atom stereocenters. The number of rotatable bonds is 50. The molecule has 6 nitrogen and oxygen atoms in total. The molecule has 6 heteroatoms. The third-order valence-electron chi connectivity index (χ3n) is 11.7. The van der Waals surface area contributed by atoms with Crippen molar-refractivity contribution >= 4 is 17.9 Å². The minimum absolute atomic E-state index is 0.0900. The molecule has 0 heterocycles. The number of allylic oxidation sites excluding steroid dienone is 20. The Hall–Kier alpha value is -4.19. The van der Waals surface area contributed by atoms with Crippen molar-refractivity contribution in [1.29, 1.82) is 0 Å². The first kappa shape index (κ1) is 65.8. The van der Waals surface area contributed by atoms with Gasteiger partial charge in [0.2, 0.25) is 0 Å². The van der Waals surface area contributed by atoms with Crippen molar-refractivity contribution in [2.45, 2.75) is 252 Å². The van der Waals surface area contributed by atoms with Crippen LogP contribution in [0, 0.1) is 0 Å².